The van der Waals surface area contributed by atoms with Crippen LogP contribution in [0.2, 0.25) is 0 Å². The third-order valence-electron chi connectivity index (χ3n) is 1.83. The molecule has 0 fully saturated rings. The summed E-state index contributed by atoms with van der Waals surface area (Å²) < 4.78 is 0. The van der Waals surface area contributed by atoms with Crippen molar-refractivity contribution in [3.63, 3.8) is 0 Å². The third-order valence-corrected chi connectivity index (χ3v) is 2.44. The molecule has 0 radical (unpaired) electrons. The standard InChI is InChI=1S/C8H10N4O5S/c13-5(14)2-1-4(6(15)16)10-7(17)11-8-12-9-3-18-8/h3-4H,1-2H2,(H,13,14)(H,15,16)(H2,10,11,12,17)/t4-/m0/s1. The summed E-state index contributed by atoms with van der Waals surface area (Å²) in [5.74, 6) is -2.43. The van der Waals surface area contributed by atoms with Gasteiger partial charge in [-0.05, 0) is 6.42 Å². The number of rotatable bonds is 6. The summed E-state index contributed by atoms with van der Waals surface area (Å²) >= 11 is 1.07. The first-order chi connectivity index (χ1) is 8.49. The predicted molar refractivity (Wildman–Crippen MR) is 60.4 cm³/mol. The van der Waals surface area contributed by atoms with Gasteiger partial charge in [0.25, 0.3) is 0 Å². The Bertz CT molecular complexity index is 435. The van der Waals surface area contributed by atoms with Crippen LogP contribution in [-0.2, 0) is 9.59 Å². The summed E-state index contributed by atoms with van der Waals surface area (Å²) in [5, 5.41) is 28.9. The van der Waals surface area contributed by atoms with Crippen molar-refractivity contribution in [3.05, 3.63) is 5.51 Å². The fraction of sp³-hybridized carbons (Fsp3) is 0.375. The van der Waals surface area contributed by atoms with Crippen LogP contribution in [0.15, 0.2) is 5.51 Å². The molecule has 0 aromatic carbocycles. The van der Waals surface area contributed by atoms with Crippen LogP contribution in [0.3, 0.4) is 0 Å². The van der Waals surface area contributed by atoms with Crippen LogP contribution >= 0.6 is 11.3 Å². The number of amides is 2. The van der Waals surface area contributed by atoms with E-state index in [4.69, 9.17) is 10.2 Å². The number of nitrogens with one attached hydrogen (secondary N) is 2. The van der Waals surface area contributed by atoms with E-state index in [9.17, 15) is 14.4 Å². The van der Waals surface area contributed by atoms with Gasteiger partial charge < -0.3 is 15.5 Å². The van der Waals surface area contributed by atoms with Gasteiger partial charge in [-0.1, -0.05) is 11.3 Å². The van der Waals surface area contributed by atoms with Crippen LogP contribution in [-0.4, -0.2) is 44.4 Å². The summed E-state index contributed by atoms with van der Waals surface area (Å²) in [7, 11) is 0. The lowest BCUT2D eigenvalue weighted by atomic mass is 10.1. The van der Waals surface area contributed by atoms with Crippen molar-refractivity contribution in [2.24, 2.45) is 0 Å². The molecule has 0 spiro atoms. The van der Waals surface area contributed by atoms with Gasteiger partial charge in [0, 0.05) is 6.42 Å². The van der Waals surface area contributed by atoms with Crippen LogP contribution in [0.25, 0.3) is 0 Å². The smallest absolute Gasteiger partial charge is 0.326 e. The summed E-state index contributed by atoms with van der Waals surface area (Å²) in [6.07, 6.45) is -0.551. The molecule has 10 heteroatoms. The van der Waals surface area contributed by atoms with Gasteiger partial charge in [0.1, 0.15) is 11.6 Å². The highest BCUT2D eigenvalue weighted by atomic mass is 32.1. The number of hydrogen-bond acceptors (Lipinski definition) is 6. The van der Waals surface area contributed by atoms with Gasteiger partial charge in [-0.15, -0.1) is 10.2 Å². The second kappa shape index (κ2) is 6.49. The molecule has 1 atom stereocenters. The molecule has 0 aliphatic heterocycles. The Balaban J connectivity index is 2.47. The van der Waals surface area contributed by atoms with Gasteiger partial charge in [0.05, 0.1) is 0 Å². The molecular weight excluding hydrogens is 264 g/mol. The molecule has 0 aliphatic rings. The largest absolute Gasteiger partial charge is 0.481 e. The summed E-state index contributed by atoms with van der Waals surface area (Å²) in [6.45, 7) is 0. The van der Waals surface area contributed by atoms with E-state index in [2.05, 4.69) is 20.8 Å². The molecule has 2 amide bonds. The van der Waals surface area contributed by atoms with Gasteiger partial charge in [0.15, 0.2) is 0 Å². The number of urea groups is 1. The van der Waals surface area contributed by atoms with Crippen LogP contribution in [0.5, 0.6) is 0 Å². The van der Waals surface area contributed by atoms with E-state index < -0.39 is 24.0 Å². The van der Waals surface area contributed by atoms with Gasteiger partial charge in [0.2, 0.25) is 5.13 Å². The molecule has 18 heavy (non-hydrogen) atoms. The van der Waals surface area contributed by atoms with E-state index >= 15 is 0 Å². The maximum Gasteiger partial charge on any atom is 0.326 e. The average molecular weight is 274 g/mol. The zero-order chi connectivity index (χ0) is 13.5. The Morgan fingerprint density at radius 3 is 2.61 bits per heavy atom. The lowest BCUT2D eigenvalue weighted by Crippen LogP contribution is -2.43. The van der Waals surface area contributed by atoms with Crippen LogP contribution < -0.4 is 10.6 Å². The second-order valence-corrected chi connectivity index (χ2v) is 4.00. The maximum atomic E-state index is 11.4. The van der Waals surface area contributed by atoms with Crippen molar-refractivity contribution in [2.75, 3.05) is 5.32 Å². The fourth-order valence-electron chi connectivity index (χ4n) is 1.04. The van der Waals surface area contributed by atoms with Crippen LogP contribution in [0, 0.1) is 0 Å². The topological polar surface area (TPSA) is 142 Å². The number of carbonyl (C=O) groups excluding carboxylic acids is 1. The summed E-state index contributed by atoms with van der Waals surface area (Å²) in [6, 6.07) is -2.04. The van der Waals surface area contributed by atoms with Crippen molar-refractivity contribution in [3.8, 4) is 0 Å². The minimum Gasteiger partial charge on any atom is -0.481 e. The first kappa shape index (κ1) is 13.8. The van der Waals surface area contributed by atoms with Gasteiger partial charge in [-0.25, -0.2) is 9.59 Å². The second-order valence-electron chi connectivity index (χ2n) is 3.17. The molecule has 0 saturated heterocycles. The Hall–Kier alpha value is -2.23. The monoisotopic (exact) mass is 274 g/mol. The molecule has 9 nitrogen and oxygen atoms in total. The zero-order valence-corrected chi connectivity index (χ0v) is 9.81. The highest BCUT2D eigenvalue weighted by Gasteiger charge is 2.21. The maximum absolute atomic E-state index is 11.4. The Labute approximate surface area is 105 Å². The van der Waals surface area contributed by atoms with E-state index in [1.54, 1.807) is 0 Å². The Morgan fingerprint density at radius 1 is 1.39 bits per heavy atom. The summed E-state index contributed by atoms with van der Waals surface area (Å²) in [4.78, 5) is 32.5. The van der Waals surface area contributed by atoms with Crippen molar-refractivity contribution < 1.29 is 24.6 Å². The molecule has 0 unspecified atom stereocenters. The molecular formula is C8H10N4O5S. The number of nitrogens with zero attached hydrogens (tertiary/aromatic N) is 2. The molecule has 98 valence electrons. The van der Waals surface area contributed by atoms with Crippen molar-refractivity contribution in [1.29, 1.82) is 0 Å². The van der Waals surface area contributed by atoms with Gasteiger partial charge in [-0.2, -0.15) is 0 Å². The van der Waals surface area contributed by atoms with Crippen molar-refractivity contribution >= 4 is 34.4 Å². The molecule has 4 N–H and O–H groups in total. The number of carboxylic acid groups (broad SMARTS) is 2. The molecule has 1 heterocycles. The zero-order valence-electron chi connectivity index (χ0n) is 8.99. The minimum atomic E-state index is -1.30. The number of anilines is 1. The first-order valence-electron chi connectivity index (χ1n) is 4.77. The van der Waals surface area contributed by atoms with Crippen LogP contribution in [0.4, 0.5) is 9.93 Å². The third kappa shape index (κ3) is 4.74. The summed E-state index contributed by atoms with van der Waals surface area (Å²) in [5.41, 5.74) is 1.40. The van der Waals surface area contributed by atoms with Crippen molar-refractivity contribution in [1.82, 2.24) is 15.5 Å². The average Bonchev–Trinajstić information content (AvgIpc) is 2.76. The molecule has 0 bridgehead atoms. The van der Waals surface area contributed by atoms with E-state index in [0.29, 0.717) is 0 Å². The number of carbonyl (C=O) groups is 3. The highest BCUT2D eigenvalue weighted by Crippen LogP contribution is 2.07. The lowest BCUT2D eigenvalue weighted by Gasteiger charge is -2.13. The van der Waals surface area contributed by atoms with E-state index in [1.807, 2.05) is 0 Å². The minimum absolute atomic E-state index is 0.200. The predicted octanol–water partition coefficient (Wildman–Crippen LogP) is -0.0224. The molecule has 1 aromatic rings. The van der Waals surface area contributed by atoms with Crippen molar-refractivity contribution in [2.45, 2.75) is 18.9 Å². The normalized spacial score (nSPS) is 11.6. The van der Waals surface area contributed by atoms with E-state index in [0.717, 1.165) is 11.3 Å². The SMILES string of the molecule is O=C(O)CC[C@H](NC(=O)Nc1nncs1)C(=O)O. The molecule has 1 aromatic heterocycles. The van der Waals surface area contributed by atoms with Crippen LogP contribution in [0.1, 0.15) is 12.8 Å². The number of aliphatic carboxylic acids is 2. The Kier molecular flexibility index (Phi) is 4.99. The van der Waals surface area contributed by atoms with Gasteiger partial charge >= 0.3 is 18.0 Å². The first-order valence-corrected chi connectivity index (χ1v) is 5.65. The van der Waals surface area contributed by atoms with E-state index in [1.165, 1.54) is 5.51 Å². The molecule has 1 rings (SSSR count). The quantitative estimate of drug-likeness (QED) is 0.571. The Morgan fingerprint density at radius 2 is 2.11 bits per heavy atom. The fourth-order valence-corrected chi connectivity index (χ4v) is 1.48. The lowest BCUT2D eigenvalue weighted by molar-refractivity contribution is -0.140. The number of carboxylic acids is 2. The molecule has 0 aliphatic carbocycles. The number of hydrogen-bond donors (Lipinski definition) is 4. The number of aromatic nitrogens is 2. The van der Waals surface area contributed by atoms with Gasteiger partial charge in [-0.3, -0.25) is 10.1 Å². The highest BCUT2D eigenvalue weighted by molar-refractivity contribution is 7.13. The van der Waals surface area contributed by atoms with E-state index in [-0.39, 0.29) is 18.0 Å². The molecule has 0 saturated carbocycles.